The zero-order chi connectivity index (χ0) is 14.2. The van der Waals surface area contributed by atoms with Crippen molar-refractivity contribution in [2.75, 3.05) is 6.54 Å². The van der Waals surface area contributed by atoms with Gasteiger partial charge in [-0.3, -0.25) is 4.98 Å². The quantitative estimate of drug-likeness (QED) is 0.901. The van der Waals surface area contributed by atoms with E-state index in [1.165, 1.54) is 17.5 Å². The number of aliphatic hydroxyl groups is 1. The van der Waals surface area contributed by atoms with Gasteiger partial charge < -0.3 is 5.11 Å². The zero-order valence-corrected chi connectivity index (χ0v) is 12.5. The van der Waals surface area contributed by atoms with Gasteiger partial charge in [0.15, 0.2) is 0 Å². The maximum Gasteiger partial charge on any atom is 0.242 e. The molecule has 0 spiro atoms. The van der Waals surface area contributed by atoms with E-state index < -0.39 is 16.1 Å². The van der Waals surface area contributed by atoms with Crippen LogP contribution in [0.1, 0.15) is 19.3 Å². The standard InChI is InChI=1S/C13H16N2O3S2/c16-12-3-1-2-9(12)7-15-20(17,18)10-6-13-11(14-8-10)4-5-19-13/h4-6,8-9,12,15-16H,1-3,7H2/t9-,12-/m0/s1. The van der Waals surface area contributed by atoms with E-state index in [1.54, 1.807) is 6.07 Å². The normalized spacial score (nSPS) is 23.4. The van der Waals surface area contributed by atoms with Crippen LogP contribution in [0, 0.1) is 5.92 Å². The molecular weight excluding hydrogens is 296 g/mol. The molecule has 0 aromatic carbocycles. The van der Waals surface area contributed by atoms with Crippen molar-refractivity contribution in [2.45, 2.75) is 30.3 Å². The molecule has 2 heterocycles. The van der Waals surface area contributed by atoms with Gasteiger partial charge in [-0.2, -0.15) is 0 Å². The van der Waals surface area contributed by atoms with Gasteiger partial charge in [-0.1, -0.05) is 6.42 Å². The fraction of sp³-hybridized carbons (Fsp3) is 0.462. The minimum absolute atomic E-state index is 0.0169. The lowest BCUT2D eigenvalue weighted by atomic mass is 10.1. The van der Waals surface area contributed by atoms with Crippen molar-refractivity contribution in [3.8, 4) is 0 Å². The number of nitrogens with one attached hydrogen (secondary N) is 1. The van der Waals surface area contributed by atoms with Crippen LogP contribution in [0.5, 0.6) is 0 Å². The number of fused-ring (bicyclic) bond motifs is 1. The van der Waals surface area contributed by atoms with Gasteiger partial charge in [-0.05, 0) is 36.3 Å². The smallest absolute Gasteiger partial charge is 0.242 e. The molecule has 7 heteroatoms. The van der Waals surface area contributed by atoms with Crippen molar-refractivity contribution in [3.63, 3.8) is 0 Å². The Balaban J connectivity index is 1.76. The lowest BCUT2D eigenvalue weighted by Gasteiger charge is -2.15. The fourth-order valence-corrected chi connectivity index (χ4v) is 4.45. The number of nitrogens with zero attached hydrogens (tertiary/aromatic N) is 1. The van der Waals surface area contributed by atoms with E-state index in [9.17, 15) is 13.5 Å². The topological polar surface area (TPSA) is 79.3 Å². The molecule has 0 unspecified atom stereocenters. The summed E-state index contributed by atoms with van der Waals surface area (Å²) in [5, 5.41) is 11.6. The van der Waals surface area contributed by atoms with E-state index in [4.69, 9.17) is 0 Å². The molecule has 2 atom stereocenters. The Morgan fingerprint density at radius 1 is 1.45 bits per heavy atom. The van der Waals surface area contributed by atoms with E-state index in [0.29, 0.717) is 0 Å². The molecule has 3 rings (SSSR count). The van der Waals surface area contributed by atoms with Crippen molar-refractivity contribution < 1.29 is 13.5 Å². The monoisotopic (exact) mass is 312 g/mol. The third-order valence-corrected chi connectivity index (χ3v) is 5.99. The van der Waals surface area contributed by atoms with Crippen molar-refractivity contribution in [1.29, 1.82) is 0 Å². The molecule has 108 valence electrons. The average molecular weight is 312 g/mol. The maximum absolute atomic E-state index is 12.2. The van der Waals surface area contributed by atoms with Crippen LogP contribution < -0.4 is 4.72 Å². The maximum atomic E-state index is 12.2. The third-order valence-electron chi connectivity index (χ3n) is 3.74. The number of aliphatic hydroxyl groups excluding tert-OH is 1. The second kappa shape index (κ2) is 5.40. The van der Waals surface area contributed by atoms with Crippen molar-refractivity contribution >= 4 is 31.6 Å². The Kier molecular flexibility index (Phi) is 3.76. The van der Waals surface area contributed by atoms with Crippen LogP contribution in [-0.4, -0.2) is 31.2 Å². The number of hydrogen-bond acceptors (Lipinski definition) is 5. The van der Waals surface area contributed by atoms with Crippen molar-refractivity contribution in [3.05, 3.63) is 23.7 Å². The van der Waals surface area contributed by atoms with Crippen LogP contribution >= 0.6 is 11.3 Å². The van der Waals surface area contributed by atoms with Gasteiger partial charge in [0, 0.05) is 12.7 Å². The molecule has 2 aromatic heterocycles. The minimum atomic E-state index is -3.56. The van der Waals surface area contributed by atoms with E-state index in [2.05, 4.69) is 9.71 Å². The molecule has 0 saturated heterocycles. The summed E-state index contributed by atoms with van der Waals surface area (Å²) in [6, 6.07) is 3.50. The summed E-state index contributed by atoms with van der Waals surface area (Å²) in [7, 11) is -3.56. The Labute approximate surface area is 121 Å². The van der Waals surface area contributed by atoms with Crippen LogP contribution in [0.4, 0.5) is 0 Å². The third kappa shape index (κ3) is 2.71. The molecule has 0 amide bonds. The van der Waals surface area contributed by atoms with E-state index in [1.807, 2.05) is 11.4 Å². The molecule has 0 radical (unpaired) electrons. The summed E-state index contributed by atoms with van der Waals surface area (Å²) >= 11 is 1.47. The van der Waals surface area contributed by atoms with Crippen molar-refractivity contribution in [1.82, 2.24) is 9.71 Å². The molecule has 1 saturated carbocycles. The lowest BCUT2D eigenvalue weighted by molar-refractivity contribution is 0.134. The molecule has 2 N–H and O–H groups in total. The number of aromatic nitrogens is 1. The SMILES string of the molecule is O=S(=O)(NC[C@@H]1CCC[C@@H]1O)c1cnc2ccsc2c1. The largest absolute Gasteiger partial charge is 0.393 e. The van der Waals surface area contributed by atoms with Crippen molar-refractivity contribution in [2.24, 2.45) is 5.92 Å². The van der Waals surface area contributed by atoms with Gasteiger partial charge in [0.2, 0.25) is 10.0 Å². The highest BCUT2D eigenvalue weighted by Crippen LogP contribution is 2.26. The second-order valence-corrected chi connectivity index (χ2v) is 7.80. The molecule has 0 bridgehead atoms. The van der Waals surface area contributed by atoms with Gasteiger partial charge in [-0.15, -0.1) is 11.3 Å². The lowest BCUT2D eigenvalue weighted by Crippen LogP contribution is -2.32. The van der Waals surface area contributed by atoms with Gasteiger partial charge in [-0.25, -0.2) is 13.1 Å². The van der Waals surface area contributed by atoms with Crippen LogP contribution in [0.15, 0.2) is 28.6 Å². The van der Waals surface area contributed by atoms with E-state index in [-0.39, 0.29) is 17.4 Å². The van der Waals surface area contributed by atoms with Gasteiger partial charge in [0.1, 0.15) is 4.90 Å². The fourth-order valence-electron chi connectivity index (χ4n) is 2.53. The first-order valence-electron chi connectivity index (χ1n) is 6.57. The summed E-state index contributed by atoms with van der Waals surface area (Å²) < 4.78 is 27.9. The molecule has 1 aliphatic carbocycles. The van der Waals surface area contributed by atoms with Crippen LogP contribution in [0.25, 0.3) is 10.2 Å². The van der Waals surface area contributed by atoms with Crippen LogP contribution in [0.3, 0.4) is 0 Å². The Morgan fingerprint density at radius 3 is 3.05 bits per heavy atom. The number of sulfonamides is 1. The summed E-state index contributed by atoms with van der Waals surface area (Å²) in [6.45, 7) is 0.284. The predicted octanol–water partition coefficient (Wildman–Crippen LogP) is 1.74. The number of thiophene rings is 1. The summed E-state index contributed by atoms with van der Waals surface area (Å²) in [4.78, 5) is 4.32. The first kappa shape index (κ1) is 13.9. The first-order valence-corrected chi connectivity index (χ1v) is 8.93. The number of pyridine rings is 1. The highest BCUT2D eigenvalue weighted by molar-refractivity contribution is 7.89. The molecule has 0 aliphatic heterocycles. The molecule has 5 nitrogen and oxygen atoms in total. The predicted molar refractivity (Wildman–Crippen MR) is 78.2 cm³/mol. The Morgan fingerprint density at radius 2 is 2.30 bits per heavy atom. The molecule has 1 aliphatic rings. The summed E-state index contributed by atoms with van der Waals surface area (Å²) in [6.07, 6.45) is 3.57. The van der Waals surface area contributed by atoms with E-state index >= 15 is 0 Å². The van der Waals surface area contributed by atoms with Gasteiger partial charge in [0.05, 0.1) is 16.3 Å². The van der Waals surface area contributed by atoms with Gasteiger partial charge in [0.25, 0.3) is 0 Å². The van der Waals surface area contributed by atoms with Gasteiger partial charge >= 0.3 is 0 Å². The number of hydrogen-bond donors (Lipinski definition) is 2. The summed E-state index contributed by atoms with van der Waals surface area (Å²) in [5.41, 5.74) is 0.806. The molecule has 20 heavy (non-hydrogen) atoms. The Bertz CT molecular complexity index is 711. The van der Waals surface area contributed by atoms with Crippen LogP contribution in [-0.2, 0) is 10.0 Å². The molecular formula is C13H16N2O3S2. The zero-order valence-electron chi connectivity index (χ0n) is 10.8. The minimum Gasteiger partial charge on any atom is -0.393 e. The average Bonchev–Trinajstić information content (AvgIpc) is 3.04. The molecule has 1 fully saturated rings. The molecule has 2 aromatic rings. The van der Waals surface area contributed by atoms with Crippen LogP contribution in [0.2, 0.25) is 0 Å². The highest BCUT2D eigenvalue weighted by atomic mass is 32.2. The summed E-state index contributed by atoms with van der Waals surface area (Å²) in [5.74, 6) is 0.0169. The second-order valence-electron chi connectivity index (χ2n) is 5.09. The number of rotatable bonds is 4. The Hall–Kier alpha value is -1.02. The first-order chi connectivity index (χ1) is 9.56. The highest BCUT2D eigenvalue weighted by Gasteiger charge is 2.27. The van der Waals surface area contributed by atoms with E-state index in [0.717, 1.165) is 29.5 Å².